The lowest BCUT2D eigenvalue weighted by Gasteiger charge is -2.19. The molecule has 55 heavy (non-hydrogen) atoms. The van der Waals surface area contributed by atoms with Crippen LogP contribution in [0.4, 0.5) is 0 Å². The van der Waals surface area contributed by atoms with Gasteiger partial charge in [-0.25, -0.2) is 0 Å². The SMILES string of the molecule is CCCCCCC/C=C/CC/C=C/C(O)C(CO)NC(=O)CCCCCCCCCCCCCCCCCCCCCCCCCCCCCCCCCC. The fourth-order valence-corrected chi connectivity index (χ4v) is 7.84. The van der Waals surface area contributed by atoms with Gasteiger partial charge in [-0.1, -0.05) is 263 Å². The zero-order valence-corrected chi connectivity index (χ0v) is 37.5. The van der Waals surface area contributed by atoms with Gasteiger partial charge >= 0.3 is 0 Å². The summed E-state index contributed by atoms with van der Waals surface area (Å²) in [5.74, 6) is -0.0704. The molecule has 0 radical (unpaired) electrons. The molecule has 3 N–H and O–H groups in total. The highest BCUT2D eigenvalue weighted by Gasteiger charge is 2.17. The molecule has 0 aromatic rings. The lowest BCUT2D eigenvalue weighted by molar-refractivity contribution is -0.123. The minimum Gasteiger partial charge on any atom is -0.394 e. The number of hydrogen-bond donors (Lipinski definition) is 3. The second kappa shape index (κ2) is 47.2. The zero-order valence-electron chi connectivity index (χ0n) is 37.5. The van der Waals surface area contributed by atoms with Crippen molar-refractivity contribution in [2.75, 3.05) is 6.61 Å². The Morgan fingerprint density at radius 3 is 1.05 bits per heavy atom. The van der Waals surface area contributed by atoms with Crippen LogP contribution in [0, 0.1) is 0 Å². The van der Waals surface area contributed by atoms with Crippen molar-refractivity contribution in [2.45, 2.75) is 289 Å². The number of unbranched alkanes of at least 4 members (excludes halogenated alkanes) is 37. The maximum absolute atomic E-state index is 12.4. The number of aliphatic hydroxyl groups is 2. The first-order valence-electron chi connectivity index (χ1n) is 25.1. The highest BCUT2D eigenvalue weighted by molar-refractivity contribution is 5.76. The molecule has 0 rings (SSSR count). The maximum atomic E-state index is 12.4. The number of nitrogens with one attached hydrogen (secondary N) is 1. The molecule has 4 heteroatoms. The Balaban J connectivity index is 3.39. The summed E-state index contributed by atoms with van der Waals surface area (Å²) in [6.07, 6.45) is 61.9. The van der Waals surface area contributed by atoms with E-state index >= 15 is 0 Å². The first kappa shape index (κ1) is 53.9. The molecule has 2 unspecified atom stereocenters. The maximum Gasteiger partial charge on any atom is 0.220 e. The Hall–Kier alpha value is -1.13. The third-order valence-electron chi connectivity index (χ3n) is 11.7. The third-order valence-corrected chi connectivity index (χ3v) is 11.7. The molecule has 0 aromatic carbocycles. The van der Waals surface area contributed by atoms with Crippen molar-refractivity contribution in [3.05, 3.63) is 24.3 Å². The van der Waals surface area contributed by atoms with E-state index in [0.29, 0.717) is 6.42 Å². The van der Waals surface area contributed by atoms with Gasteiger partial charge < -0.3 is 15.5 Å². The minimum absolute atomic E-state index is 0.0704. The van der Waals surface area contributed by atoms with Crippen LogP contribution in [0.15, 0.2) is 24.3 Å². The number of carbonyl (C=O) groups is 1. The van der Waals surface area contributed by atoms with E-state index in [1.807, 2.05) is 6.08 Å². The average molecular weight is 774 g/mol. The van der Waals surface area contributed by atoms with Gasteiger partial charge in [0.2, 0.25) is 5.91 Å². The summed E-state index contributed by atoms with van der Waals surface area (Å²) >= 11 is 0. The van der Waals surface area contributed by atoms with Gasteiger partial charge in [0, 0.05) is 6.42 Å². The number of carbonyl (C=O) groups excluding carboxylic acids is 1. The molecular weight excluding hydrogens is 675 g/mol. The van der Waals surface area contributed by atoms with Crippen LogP contribution < -0.4 is 5.32 Å². The molecule has 326 valence electrons. The van der Waals surface area contributed by atoms with Crippen molar-refractivity contribution in [1.29, 1.82) is 0 Å². The molecule has 2 atom stereocenters. The van der Waals surface area contributed by atoms with Gasteiger partial charge in [-0.3, -0.25) is 4.79 Å². The van der Waals surface area contributed by atoms with E-state index in [0.717, 1.165) is 32.1 Å². The molecule has 0 aliphatic rings. The van der Waals surface area contributed by atoms with E-state index in [-0.39, 0.29) is 12.5 Å². The van der Waals surface area contributed by atoms with Crippen molar-refractivity contribution in [3.8, 4) is 0 Å². The summed E-state index contributed by atoms with van der Waals surface area (Å²) in [6, 6.07) is -0.634. The second-order valence-corrected chi connectivity index (χ2v) is 17.2. The molecule has 0 heterocycles. The molecule has 0 aromatic heterocycles. The van der Waals surface area contributed by atoms with E-state index in [1.54, 1.807) is 6.08 Å². The van der Waals surface area contributed by atoms with Crippen molar-refractivity contribution < 1.29 is 15.0 Å². The van der Waals surface area contributed by atoms with E-state index in [4.69, 9.17) is 0 Å². The molecule has 0 aliphatic carbocycles. The summed E-state index contributed by atoms with van der Waals surface area (Å²) in [5, 5.41) is 22.9. The summed E-state index contributed by atoms with van der Waals surface area (Å²) < 4.78 is 0. The van der Waals surface area contributed by atoms with E-state index < -0.39 is 12.1 Å². The van der Waals surface area contributed by atoms with Gasteiger partial charge in [0.1, 0.15) is 0 Å². The Morgan fingerprint density at radius 1 is 0.418 bits per heavy atom. The van der Waals surface area contributed by atoms with Gasteiger partial charge in [-0.15, -0.1) is 0 Å². The van der Waals surface area contributed by atoms with Crippen LogP contribution in [0.3, 0.4) is 0 Å². The minimum atomic E-state index is -0.857. The van der Waals surface area contributed by atoms with Crippen LogP contribution >= 0.6 is 0 Å². The van der Waals surface area contributed by atoms with Gasteiger partial charge in [0.15, 0.2) is 0 Å². The van der Waals surface area contributed by atoms with E-state index in [9.17, 15) is 15.0 Å². The van der Waals surface area contributed by atoms with Crippen LogP contribution in [0.2, 0.25) is 0 Å². The molecule has 1 amide bonds. The summed E-state index contributed by atoms with van der Waals surface area (Å²) in [4.78, 5) is 12.4. The van der Waals surface area contributed by atoms with Crippen LogP contribution in [0.25, 0.3) is 0 Å². The predicted molar refractivity (Wildman–Crippen MR) is 244 cm³/mol. The number of allylic oxidation sites excluding steroid dienone is 3. The van der Waals surface area contributed by atoms with E-state index in [1.165, 1.54) is 225 Å². The second-order valence-electron chi connectivity index (χ2n) is 17.2. The number of hydrogen-bond acceptors (Lipinski definition) is 3. The first-order valence-corrected chi connectivity index (χ1v) is 25.1. The van der Waals surface area contributed by atoms with Crippen molar-refractivity contribution in [1.82, 2.24) is 5.32 Å². The summed E-state index contributed by atoms with van der Waals surface area (Å²) in [7, 11) is 0. The van der Waals surface area contributed by atoms with Crippen LogP contribution in [-0.2, 0) is 4.79 Å². The molecule has 0 bridgehead atoms. The smallest absolute Gasteiger partial charge is 0.220 e. The van der Waals surface area contributed by atoms with Gasteiger partial charge in [-0.05, 0) is 32.1 Å². The largest absolute Gasteiger partial charge is 0.394 e. The molecule has 0 saturated carbocycles. The Kier molecular flexibility index (Phi) is 46.3. The predicted octanol–water partition coefficient (Wildman–Crippen LogP) is 16.0. The zero-order chi connectivity index (χ0) is 40.0. The molecule has 0 fully saturated rings. The fourth-order valence-electron chi connectivity index (χ4n) is 7.84. The highest BCUT2D eigenvalue weighted by Crippen LogP contribution is 2.17. The fraction of sp³-hybridized carbons (Fsp3) is 0.902. The lowest BCUT2D eigenvalue weighted by Crippen LogP contribution is -2.45. The Morgan fingerprint density at radius 2 is 0.709 bits per heavy atom. The quantitative estimate of drug-likeness (QED) is 0.0426. The standard InChI is InChI=1S/C51H99NO3/c1-3-5-7-9-11-13-15-16-17-18-19-20-21-22-23-24-25-26-27-28-29-30-31-32-33-34-35-37-39-41-43-45-47-51(55)52-49(48-53)50(54)46-44-42-40-38-36-14-12-10-8-6-4-2/h36,38,44,46,49-50,53-54H,3-35,37,39-43,45,47-48H2,1-2H3,(H,52,55)/b38-36+,46-44+. The van der Waals surface area contributed by atoms with Gasteiger partial charge in [0.05, 0.1) is 18.8 Å². The van der Waals surface area contributed by atoms with Crippen LogP contribution in [-0.4, -0.2) is 34.9 Å². The van der Waals surface area contributed by atoms with E-state index in [2.05, 4.69) is 31.3 Å². The Labute approximate surface area is 345 Å². The molecule has 0 aliphatic heterocycles. The average Bonchev–Trinajstić information content (AvgIpc) is 3.19. The lowest BCUT2D eigenvalue weighted by atomic mass is 10.0. The Bertz CT molecular complexity index is 795. The molecule has 4 nitrogen and oxygen atoms in total. The van der Waals surface area contributed by atoms with Crippen molar-refractivity contribution in [2.24, 2.45) is 0 Å². The van der Waals surface area contributed by atoms with Gasteiger partial charge in [-0.2, -0.15) is 0 Å². The molecular formula is C51H99NO3. The van der Waals surface area contributed by atoms with Crippen LogP contribution in [0.1, 0.15) is 277 Å². The van der Waals surface area contributed by atoms with Crippen molar-refractivity contribution in [3.63, 3.8) is 0 Å². The summed E-state index contributed by atoms with van der Waals surface area (Å²) in [6.45, 7) is 4.29. The van der Waals surface area contributed by atoms with Gasteiger partial charge in [0.25, 0.3) is 0 Å². The third kappa shape index (κ3) is 43.8. The van der Waals surface area contributed by atoms with Crippen molar-refractivity contribution >= 4 is 5.91 Å². The number of amides is 1. The first-order chi connectivity index (χ1) is 27.2. The number of rotatable bonds is 46. The highest BCUT2D eigenvalue weighted by atomic mass is 16.3. The molecule has 0 saturated heterocycles. The topological polar surface area (TPSA) is 69.6 Å². The number of aliphatic hydroxyl groups excluding tert-OH is 2. The van der Waals surface area contributed by atoms with Crippen LogP contribution in [0.5, 0.6) is 0 Å². The monoisotopic (exact) mass is 774 g/mol. The normalized spacial score (nSPS) is 13.0. The molecule has 0 spiro atoms. The summed E-state index contributed by atoms with van der Waals surface area (Å²) in [5.41, 5.74) is 0.